The van der Waals surface area contributed by atoms with Gasteiger partial charge < -0.3 is 9.15 Å². The Hall–Kier alpha value is -2.64. The van der Waals surface area contributed by atoms with Crippen molar-refractivity contribution in [2.75, 3.05) is 7.11 Å². The molecule has 0 amide bonds. The molecule has 0 spiro atoms. The van der Waals surface area contributed by atoms with Crippen molar-refractivity contribution >= 4 is 22.8 Å². The Kier molecular flexibility index (Phi) is 3.07. The minimum absolute atomic E-state index is 0.173. The van der Waals surface area contributed by atoms with Crippen molar-refractivity contribution in [2.45, 2.75) is 13.0 Å². The number of hydrogen-bond acceptors (Lipinski definition) is 6. The predicted molar refractivity (Wildman–Crippen MR) is 63.9 cm³/mol. The molecule has 0 saturated heterocycles. The summed E-state index contributed by atoms with van der Waals surface area (Å²) in [6.45, 7) is 1.45. The Morgan fingerprint density at radius 3 is 2.79 bits per heavy atom. The number of nitrogens with zero attached hydrogens (tertiary/aromatic N) is 2. The molecule has 0 aliphatic heterocycles. The van der Waals surface area contributed by atoms with Crippen LogP contribution in [0.2, 0.25) is 0 Å². The number of carbonyl (C=O) groups excluding carboxylic acids is 1. The summed E-state index contributed by atoms with van der Waals surface area (Å²) in [5.74, 6) is -1.41. The van der Waals surface area contributed by atoms with Crippen LogP contribution in [0.15, 0.2) is 27.4 Å². The van der Waals surface area contributed by atoms with Crippen LogP contribution >= 0.6 is 0 Å². The van der Waals surface area contributed by atoms with E-state index in [9.17, 15) is 19.7 Å². The van der Waals surface area contributed by atoms with E-state index < -0.39 is 22.7 Å². The van der Waals surface area contributed by atoms with E-state index in [1.165, 1.54) is 32.2 Å². The van der Waals surface area contributed by atoms with Gasteiger partial charge in [0, 0.05) is 12.1 Å². The average Bonchev–Trinajstić information content (AvgIpc) is 2.71. The summed E-state index contributed by atoms with van der Waals surface area (Å²) >= 11 is 0. The maximum atomic E-state index is 11.7. The highest BCUT2D eigenvalue weighted by Crippen LogP contribution is 2.22. The molecule has 0 fully saturated rings. The second kappa shape index (κ2) is 4.56. The third-order valence-electron chi connectivity index (χ3n) is 2.74. The fourth-order valence-electron chi connectivity index (χ4n) is 1.78. The van der Waals surface area contributed by atoms with E-state index in [-0.39, 0.29) is 16.8 Å². The lowest BCUT2D eigenvalue weighted by Crippen LogP contribution is -2.25. The summed E-state index contributed by atoms with van der Waals surface area (Å²) < 4.78 is 10.5. The zero-order valence-electron chi connectivity index (χ0n) is 10.2. The normalized spacial score (nSPS) is 12.3. The van der Waals surface area contributed by atoms with E-state index in [2.05, 4.69) is 4.74 Å². The lowest BCUT2D eigenvalue weighted by molar-refractivity contribution is -0.384. The zero-order valence-corrected chi connectivity index (χ0v) is 10.2. The standard InChI is InChI=1S/C11H10N2O6/c1-6(10(14)18-2)12-8-5-7(13(16)17)3-4-9(8)19-11(12)15/h3-6H,1-2H3/t6-/m0/s1. The fraction of sp³-hybridized carbons (Fsp3) is 0.273. The third-order valence-corrected chi connectivity index (χ3v) is 2.74. The van der Waals surface area contributed by atoms with E-state index in [4.69, 9.17) is 4.42 Å². The number of rotatable bonds is 3. The van der Waals surface area contributed by atoms with Crippen molar-refractivity contribution in [3.8, 4) is 0 Å². The molecular weight excluding hydrogens is 256 g/mol. The number of oxazole rings is 1. The molecule has 0 unspecified atom stereocenters. The van der Waals surface area contributed by atoms with Crippen molar-refractivity contribution in [1.82, 2.24) is 4.57 Å². The first-order chi connectivity index (χ1) is 8.95. The molecule has 2 aromatic rings. The second-order valence-corrected chi connectivity index (χ2v) is 3.85. The van der Waals surface area contributed by atoms with E-state index >= 15 is 0 Å². The summed E-state index contributed by atoms with van der Waals surface area (Å²) in [4.78, 5) is 33.3. The Bertz CT molecular complexity index is 714. The molecule has 100 valence electrons. The number of fused-ring (bicyclic) bond motifs is 1. The van der Waals surface area contributed by atoms with Crippen molar-refractivity contribution in [3.05, 3.63) is 38.9 Å². The molecule has 0 aliphatic carbocycles. The summed E-state index contributed by atoms with van der Waals surface area (Å²) in [7, 11) is 1.19. The molecule has 8 nitrogen and oxygen atoms in total. The van der Waals surface area contributed by atoms with Gasteiger partial charge in [-0.2, -0.15) is 0 Å². The van der Waals surface area contributed by atoms with Crippen LogP contribution in [0.3, 0.4) is 0 Å². The molecule has 1 atom stereocenters. The van der Waals surface area contributed by atoms with Crippen LogP contribution in [0.5, 0.6) is 0 Å². The van der Waals surface area contributed by atoms with Gasteiger partial charge in [0.15, 0.2) is 5.58 Å². The van der Waals surface area contributed by atoms with Gasteiger partial charge in [-0.3, -0.25) is 14.7 Å². The van der Waals surface area contributed by atoms with Crippen LogP contribution in [-0.4, -0.2) is 22.6 Å². The Morgan fingerprint density at radius 1 is 1.53 bits per heavy atom. The molecule has 0 saturated carbocycles. The minimum Gasteiger partial charge on any atom is -0.467 e. The lowest BCUT2D eigenvalue weighted by atomic mass is 10.2. The maximum absolute atomic E-state index is 11.7. The molecule has 1 heterocycles. The zero-order chi connectivity index (χ0) is 14.2. The minimum atomic E-state index is -0.930. The van der Waals surface area contributed by atoms with Crippen molar-refractivity contribution in [2.24, 2.45) is 0 Å². The van der Waals surface area contributed by atoms with Crippen LogP contribution in [0.4, 0.5) is 5.69 Å². The molecule has 2 rings (SSSR count). The number of nitro benzene ring substituents is 1. The van der Waals surface area contributed by atoms with Gasteiger partial charge in [-0.25, -0.2) is 9.59 Å². The summed E-state index contributed by atoms with van der Waals surface area (Å²) in [5, 5.41) is 10.7. The summed E-state index contributed by atoms with van der Waals surface area (Å²) in [5.41, 5.74) is 0.155. The molecular formula is C11H10N2O6. The number of ether oxygens (including phenoxy) is 1. The van der Waals surface area contributed by atoms with E-state index in [1.54, 1.807) is 0 Å². The highest BCUT2D eigenvalue weighted by Gasteiger charge is 2.23. The van der Waals surface area contributed by atoms with E-state index in [0.717, 1.165) is 4.57 Å². The van der Waals surface area contributed by atoms with Gasteiger partial charge in [-0.1, -0.05) is 0 Å². The molecule has 0 bridgehead atoms. The highest BCUT2D eigenvalue weighted by molar-refractivity contribution is 5.80. The topological polar surface area (TPSA) is 105 Å². The molecule has 1 aromatic carbocycles. The number of benzene rings is 1. The monoisotopic (exact) mass is 266 g/mol. The smallest absolute Gasteiger partial charge is 0.420 e. The Labute approximate surface area is 106 Å². The fourth-order valence-corrected chi connectivity index (χ4v) is 1.78. The number of methoxy groups -OCH3 is 1. The summed E-state index contributed by atoms with van der Waals surface area (Å²) in [6, 6.07) is 2.79. The van der Waals surface area contributed by atoms with Gasteiger partial charge in [0.05, 0.1) is 17.5 Å². The van der Waals surface area contributed by atoms with Gasteiger partial charge >= 0.3 is 11.7 Å². The van der Waals surface area contributed by atoms with E-state index in [1.807, 2.05) is 0 Å². The number of esters is 1. The number of nitro groups is 1. The average molecular weight is 266 g/mol. The number of hydrogen-bond donors (Lipinski definition) is 0. The van der Waals surface area contributed by atoms with Gasteiger partial charge in [0.2, 0.25) is 0 Å². The highest BCUT2D eigenvalue weighted by atomic mass is 16.6. The maximum Gasteiger partial charge on any atom is 0.420 e. The third kappa shape index (κ3) is 2.07. The Balaban J connectivity index is 2.69. The first kappa shape index (κ1) is 12.8. The van der Waals surface area contributed by atoms with Crippen molar-refractivity contribution < 1.29 is 18.9 Å². The van der Waals surface area contributed by atoms with Gasteiger partial charge in [0.25, 0.3) is 5.69 Å². The van der Waals surface area contributed by atoms with Gasteiger partial charge in [-0.15, -0.1) is 0 Å². The van der Waals surface area contributed by atoms with Crippen LogP contribution in [-0.2, 0) is 9.53 Å². The van der Waals surface area contributed by atoms with Gasteiger partial charge in [-0.05, 0) is 13.0 Å². The van der Waals surface area contributed by atoms with Crippen LogP contribution in [0, 0.1) is 10.1 Å². The predicted octanol–water partition coefficient (Wildman–Crippen LogP) is 1.24. The lowest BCUT2D eigenvalue weighted by Gasteiger charge is -2.09. The van der Waals surface area contributed by atoms with E-state index in [0.29, 0.717) is 0 Å². The Morgan fingerprint density at radius 2 is 2.21 bits per heavy atom. The first-order valence-corrected chi connectivity index (χ1v) is 5.33. The largest absolute Gasteiger partial charge is 0.467 e. The quantitative estimate of drug-likeness (QED) is 0.470. The second-order valence-electron chi connectivity index (χ2n) is 3.85. The number of non-ortho nitro benzene ring substituents is 1. The number of aromatic nitrogens is 1. The van der Waals surface area contributed by atoms with Crippen molar-refractivity contribution in [3.63, 3.8) is 0 Å². The molecule has 19 heavy (non-hydrogen) atoms. The molecule has 0 N–H and O–H groups in total. The number of carbonyl (C=O) groups is 1. The summed E-state index contributed by atoms with van der Waals surface area (Å²) in [6.07, 6.45) is 0. The first-order valence-electron chi connectivity index (χ1n) is 5.33. The molecule has 8 heteroatoms. The van der Waals surface area contributed by atoms with Gasteiger partial charge in [0.1, 0.15) is 6.04 Å². The molecule has 0 aliphatic rings. The molecule has 0 radical (unpaired) electrons. The SMILES string of the molecule is COC(=O)[C@H](C)n1c(=O)oc2ccc([N+](=O)[O-])cc21. The molecule has 1 aromatic heterocycles. The van der Waals surface area contributed by atoms with Crippen molar-refractivity contribution in [1.29, 1.82) is 0 Å². The van der Waals surface area contributed by atoms with Crippen LogP contribution in [0.1, 0.15) is 13.0 Å². The van der Waals surface area contributed by atoms with Crippen LogP contribution < -0.4 is 5.76 Å². The van der Waals surface area contributed by atoms with Crippen LogP contribution in [0.25, 0.3) is 11.1 Å².